The van der Waals surface area contributed by atoms with Crippen molar-refractivity contribution in [1.29, 1.82) is 0 Å². The van der Waals surface area contributed by atoms with Gasteiger partial charge in [0.05, 0.1) is 18.8 Å². The van der Waals surface area contributed by atoms with Crippen molar-refractivity contribution in [1.82, 2.24) is 16.2 Å². The lowest BCUT2D eigenvalue weighted by Crippen LogP contribution is -2.48. The van der Waals surface area contributed by atoms with Gasteiger partial charge in [0, 0.05) is 10.0 Å². The highest BCUT2D eigenvalue weighted by molar-refractivity contribution is 9.10. The van der Waals surface area contributed by atoms with Gasteiger partial charge in [-0.3, -0.25) is 25.8 Å². The molecule has 2 amide bonds. The van der Waals surface area contributed by atoms with Crippen molar-refractivity contribution in [2.75, 3.05) is 13.2 Å². The fraction of sp³-hybridized carbons (Fsp3) is 0.444. The Labute approximate surface area is 227 Å². The molecule has 0 bridgehead atoms. The number of halogens is 1. The maximum atomic E-state index is 12.8. The van der Waals surface area contributed by atoms with Crippen molar-refractivity contribution in [3.05, 3.63) is 58.1 Å². The van der Waals surface area contributed by atoms with E-state index in [4.69, 9.17) is 21.7 Å². The largest absolute Gasteiger partial charge is 0.494 e. The number of ether oxygens (including phenoxy) is 2. The summed E-state index contributed by atoms with van der Waals surface area (Å²) in [5.41, 5.74) is 5.84. The molecule has 2 rings (SSSR count). The van der Waals surface area contributed by atoms with Crippen molar-refractivity contribution >= 4 is 45.1 Å². The maximum Gasteiger partial charge on any atom is 0.269 e. The summed E-state index contributed by atoms with van der Waals surface area (Å²) >= 11 is 8.57. The number of nitrogens with one attached hydrogen (secondary N) is 3. The van der Waals surface area contributed by atoms with Gasteiger partial charge in [-0.05, 0) is 67.5 Å². The van der Waals surface area contributed by atoms with Crippen LogP contribution in [0.15, 0.2) is 46.9 Å². The Morgan fingerprint density at radius 1 is 0.806 bits per heavy atom. The molecule has 196 valence electrons. The molecule has 0 aliphatic rings. The number of thiocarbonyl (C=S) groups is 1. The number of carbonyl (C=O) groups excluding carboxylic acids is 2. The molecule has 0 heterocycles. The van der Waals surface area contributed by atoms with Gasteiger partial charge in [-0.2, -0.15) is 0 Å². The van der Waals surface area contributed by atoms with Crippen LogP contribution < -0.4 is 25.6 Å². The summed E-state index contributed by atoms with van der Waals surface area (Å²) in [6.07, 6.45) is 8.84. The number of benzene rings is 2. The Morgan fingerprint density at radius 3 is 2.08 bits per heavy atom. The van der Waals surface area contributed by atoms with Crippen LogP contribution in [0.1, 0.15) is 85.9 Å². The van der Waals surface area contributed by atoms with Crippen molar-refractivity contribution in [2.24, 2.45) is 0 Å². The Morgan fingerprint density at radius 2 is 1.44 bits per heavy atom. The molecule has 0 aromatic heterocycles. The third-order valence-electron chi connectivity index (χ3n) is 5.34. The Balaban J connectivity index is 1.81. The van der Waals surface area contributed by atoms with Crippen molar-refractivity contribution in [3.8, 4) is 11.5 Å². The molecule has 0 saturated carbocycles. The second-order valence-corrected chi connectivity index (χ2v) is 9.67. The monoisotopic (exact) mass is 577 g/mol. The molecule has 0 saturated heterocycles. The first-order valence-corrected chi connectivity index (χ1v) is 13.7. The molecule has 7 nitrogen and oxygen atoms in total. The smallest absolute Gasteiger partial charge is 0.269 e. The summed E-state index contributed by atoms with van der Waals surface area (Å²) in [4.78, 5) is 25.2. The molecule has 0 unspecified atom stereocenters. The third-order valence-corrected chi connectivity index (χ3v) is 6.04. The van der Waals surface area contributed by atoms with Gasteiger partial charge in [0.2, 0.25) is 0 Å². The van der Waals surface area contributed by atoms with Crippen LogP contribution >= 0.6 is 28.1 Å². The van der Waals surface area contributed by atoms with Crippen LogP contribution in [-0.4, -0.2) is 30.1 Å². The van der Waals surface area contributed by atoms with Crippen LogP contribution in [-0.2, 0) is 0 Å². The SMILES string of the molecule is CCCCCCOc1ccc(C(=O)NNC(=S)NC(=O)c2cc(Br)ccc2OCCCCCC)cc1. The lowest BCUT2D eigenvalue weighted by molar-refractivity contribution is 0.0933. The molecule has 0 fully saturated rings. The van der Waals surface area contributed by atoms with E-state index in [9.17, 15) is 9.59 Å². The topological polar surface area (TPSA) is 88.7 Å². The van der Waals surface area contributed by atoms with E-state index in [-0.39, 0.29) is 11.0 Å². The predicted molar refractivity (Wildman–Crippen MR) is 151 cm³/mol. The Hall–Kier alpha value is -2.65. The van der Waals surface area contributed by atoms with Crippen molar-refractivity contribution in [3.63, 3.8) is 0 Å². The van der Waals surface area contributed by atoms with E-state index in [1.165, 1.54) is 12.8 Å². The van der Waals surface area contributed by atoms with E-state index in [0.717, 1.165) is 48.7 Å². The zero-order valence-corrected chi connectivity index (χ0v) is 23.4. The first kappa shape index (κ1) is 29.6. The van der Waals surface area contributed by atoms with Crippen LogP contribution in [0.3, 0.4) is 0 Å². The molecular formula is C27H36BrN3O4S. The number of hydrazine groups is 1. The minimum absolute atomic E-state index is 0.0331. The average Bonchev–Trinajstić information content (AvgIpc) is 2.88. The number of rotatable bonds is 14. The fourth-order valence-electron chi connectivity index (χ4n) is 3.33. The molecule has 0 aliphatic carbocycles. The highest BCUT2D eigenvalue weighted by Crippen LogP contribution is 2.23. The summed E-state index contributed by atoms with van der Waals surface area (Å²) in [6, 6.07) is 12.1. The minimum atomic E-state index is -0.438. The Kier molecular flexibility index (Phi) is 13.9. The maximum absolute atomic E-state index is 12.8. The second-order valence-electron chi connectivity index (χ2n) is 8.35. The molecule has 3 N–H and O–H groups in total. The molecule has 36 heavy (non-hydrogen) atoms. The van der Waals surface area contributed by atoms with E-state index in [1.807, 2.05) is 6.07 Å². The molecule has 0 spiro atoms. The van der Waals surface area contributed by atoms with Crippen LogP contribution in [0.5, 0.6) is 11.5 Å². The van der Waals surface area contributed by atoms with Gasteiger partial charge in [0.15, 0.2) is 5.11 Å². The van der Waals surface area contributed by atoms with E-state index in [0.29, 0.717) is 30.1 Å². The summed E-state index contributed by atoms with van der Waals surface area (Å²) in [5, 5.41) is 2.54. The van der Waals surface area contributed by atoms with Gasteiger partial charge < -0.3 is 9.47 Å². The van der Waals surface area contributed by atoms with Crippen LogP contribution in [0.25, 0.3) is 0 Å². The highest BCUT2D eigenvalue weighted by Gasteiger charge is 2.15. The normalized spacial score (nSPS) is 10.4. The molecular weight excluding hydrogens is 542 g/mol. The molecule has 0 atom stereocenters. The van der Waals surface area contributed by atoms with Gasteiger partial charge in [0.1, 0.15) is 11.5 Å². The number of unbranched alkanes of at least 4 members (excludes halogenated alkanes) is 6. The van der Waals surface area contributed by atoms with Crippen molar-refractivity contribution in [2.45, 2.75) is 65.2 Å². The first-order valence-electron chi connectivity index (χ1n) is 12.5. The van der Waals surface area contributed by atoms with Gasteiger partial charge >= 0.3 is 0 Å². The standard InChI is InChI=1S/C27H36BrN3O4S/c1-3-5-7-9-17-34-22-14-11-20(12-15-22)25(32)30-31-27(36)29-26(33)23-19-21(28)13-16-24(23)35-18-10-8-6-4-2/h11-16,19H,3-10,17-18H2,1-2H3,(H,30,32)(H2,29,31,33,36). The summed E-state index contributed by atoms with van der Waals surface area (Å²) in [6.45, 7) is 5.51. The van der Waals surface area contributed by atoms with E-state index >= 15 is 0 Å². The van der Waals surface area contributed by atoms with Gasteiger partial charge in [-0.15, -0.1) is 0 Å². The lowest BCUT2D eigenvalue weighted by atomic mass is 10.2. The molecule has 2 aromatic rings. The number of hydrogen-bond acceptors (Lipinski definition) is 5. The summed E-state index contributed by atoms with van der Waals surface area (Å²) < 4.78 is 12.3. The quantitative estimate of drug-likeness (QED) is 0.138. The number of carbonyl (C=O) groups is 2. The fourth-order valence-corrected chi connectivity index (χ4v) is 3.83. The predicted octanol–water partition coefficient (Wildman–Crippen LogP) is 6.32. The molecule has 0 radical (unpaired) electrons. The summed E-state index contributed by atoms with van der Waals surface area (Å²) in [5.74, 6) is 0.370. The van der Waals surface area contributed by atoms with Crippen LogP contribution in [0, 0.1) is 0 Å². The molecule has 9 heteroatoms. The number of amides is 2. The van der Waals surface area contributed by atoms with E-state index in [1.54, 1.807) is 36.4 Å². The minimum Gasteiger partial charge on any atom is -0.494 e. The molecule has 0 aliphatic heterocycles. The van der Waals surface area contributed by atoms with Crippen LogP contribution in [0.2, 0.25) is 0 Å². The molecule has 2 aromatic carbocycles. The third kappa shape index (κ3) is 11.0. The van der Waals surface area contributed by atoms with Gasteiger partial charge in [0.25, 0.3) is 11.8 Å². The van der Waals surface area contributed by atoms with Crippen molar-refractivity contribution < 1.29 is 19.1 Å². The van der Waals surface area contributed by atoms with E-state index in [2.05, 4.69) is 45.9 Å². The van der Waals surface area contributed by atoms with Crippen LogP contribution in [0.4, 0.5) is 0 Å². The zero-order chi connectivity index (χ0) is 26.2. The first-order chi connectivity index (χ1) is 17.4. The summed E-state index contributed by atoms with van der Waals surface area (Å²) in [7, 11) is 0. The van der Waals surface area contributed by atoms with Gasteiger partial charge in [-0.1, -0.05) is 68.3 Å². The second kappa shape index (κ2) is 16.9. The average molecular weight is 579 g/mol. The zero-order valence-electron chi connectivity index (χ0n) is 21.0. The van der Waals surface area contributed by atoms with E-state index < -0.39 is 5.91 Å². The highest BCUT2D eigenvalue weighted by atomic mass is 79.9. The Bertz CT molecular complexity index is 985. The lowest BCUT2D eigenvalue weighted by Gasteiger charge is -2.14. The van der Waals surface area contributed by atoms with Gasteiger partial charge in [-0.25, -0.2) is 0 Å². The number of hydrogen-bond donors (Lipinski definition) is 3.